The fourth-order valence-corrected chi connectivity index (χ4v) is 1.33. The Labute approximate surface area is 109 Å². The van der Waals surface area contributed by atoms with Crippen molar-refractivity contribution in [3.05, 3.63) is 34.1 Å². The molecule has 0 spiro atoms. The zero-order chi connectivity index (χ0) is 14.4. The largest absolute Gasteiger partial charge is 0.378 e. The van der Waals surface area contributed by atoms with Crippen molar-refractivity contribution in [2.45, 2.75) is 0 Å². The maximum absolute atomic E-state index is 12.9. The van der Waals surface area contributed by atoms with E-state index in [1.807, 2.05) is 0 Å². The summed E-state index contributed by atoms with van der Waals surface area (Å²) in [6, 6.07) is 3.02. The number of carbonyl (C=O) groups excluding carboxylic acids is 1. The number of urea groups is 1. The van der Waals surface area contributed by atoms with Crippen molar-refractivity contribution in [1.29, 1.82) is 0 Å². The van der Waals surface area contributed by atoms with Gasteiger partial charge >= 0.3 is 6.03 Å². The first-order valence-corrected chi connectivity index (χ1v) is 5.55. The molecule has 0 aliphatic heterocycles. The maximum atomic E-state index is 12.9. The fraction of sp³-hybridized carbons (Fsp3) is 0.364. The van der Waals surface area contributed by atoms with Crippen LogP contribution in [0, 0.1) is 15.9 Å². The van der Waals surface area contributed by atoms with Crippen molar-refractivity contribution < 1.29 is 14.1 Å². The number of anilines is 1. The van der Waals surface area contributed by atoms with Gasteiger partial charge in [-0.25, -0.2) is 9.18 Å². The van der Waals surface area contributed by atoms with Gasteiger partial charge in [-0.3, -0.25) is 10.1 Å². The van der Waals surface area contributed by atoms with E-state index in [1.165, 1.54) is 11.0 Å². The molecule has 0 fully saturated rings. The number of carbonyl (C=O) groups is 1. The zero-order valence-corrected chi connectivity index (χ0v) is 10.6. The van der Waals surface area contributed by atoms with Crippen LogP contribution in [-0.2, 0) is 0 Å². The lowest BCUT2D eigenvalue weighted by Crippen LogP contribution is -2.37. The third-order valence-corrected chi connectivity index (χ3v) is 2.28. The van der Waals surface area contributed by atoms with Crippen LogP contribution in [0.5, 0.6) is 0 Å². The number of nitro groups is 1. The summed E-state index contributed by atoms with van der Waals surface area (Å²) < 4.78 is 12.9. The molecule has 0 saturated carbocycles. The van der Waals surface area contributed by atoms with Crippen molar-refractivity contribution in [3.63, 3.8) is 0 Å². The maximum Gasteiger partial charge on any atom is 0.316 e. The Hall–Kier alpha value is -2.38. The standard InChI is InChI=1S/C11H15FN4O3/c1-15(2)11(17)14-6-5-13-9-4-3-8(12)7-10(9)16(18)19/h3-4,7,13H,5-6H2,1-2H3,(H,14,17). The molecular formula is C11H15FN4O3. The van der Waals surface area contributed by atoms with Crippen molar-refractivity contribution in [1.82, 2.24) is 10.2 Å². The highest BCUT2D eigenvalue weighted by Gasteiger charge is 2.14. The van der Waals surface area contributed by atoms with Gasteiger partial charge in [-0.1, -0.05) is 0 Å². The molecule has 8 heteroatoms. The molecule has 0 heterocycles. The lowest BCUT2D eigenvalue weighted by Gasteiger charge is -2.12. The van der Waals surface area contributed by atoms with Crippen molar-refractivity contribution in [2.24, 2.45) is 0 Å². The second-order valence-corrected chi connectivity index (χ2v) is 3.97. The number of halogens is 1. The average Bonchev–Trinajstić information content (AvgIpc) is 2.35. The third kappa shape index (κ3) is 4.41. The Morgan fingerprint density at radius 3 is 2.68 bits per heavy atom. The van der Waals surface area contributed by atoms with Crippen LogP contribution in [0.15, 0.2) is 18.2 Å². The van der Waals surface area contributed by atoms with E-state index in [1.54, 1.807) is 14.1 Å². The molecule has 1 aromatic carbocycles. The van der Waals surface area contributed by atoms with Crippen LogP contribution in [0.4, 0.5) is 20.6 Å². The highest BCUT2D eigenvalue weighted by molar-refractivity contribution is 5.73. The van der Waals surface area contributed by atoms with E-state index >= 15 is 0 Å². The minimum atomic E-state index is -0.668. The summed E-state index contributed by atoms with van der Waals surface area (Å²) in [6.07, 6.45) is 0. The molecular weight excluding hydrogens is 255 g/mol. The van der Waals surface area contributed by atoms with Gasteiger partial charge in [0.15, 0.2) is 0 Å². The van der Waals surface area contributed by atoms with Crippen LogP contribution in [0.2, 0.25) is 0 Å². The van der Waals surface area contributed by atoms with Crippen LogP contribution in [0.25, 0.3) is 0 Å². The summed E-state index contributed by atoms with van der Waals surface area (Å²) in [6.45, 7) is 0.595. The van der Waals surface area contributed by atoms with Crippen LogP contribution in [0.1, 0.15) is 0 Å². The molecule has 104 valence electrons. The normalized spacial score (nSPS) is 9.84. The van der Waals surface area contributed by atoms with Crippen LogP contribution in [0.3, 0.4) is 0 Å². The second kappa shape index (κ2) is 6.53. The predicted molar refractivity (Wildman–Crippen MR) is 68.6 cm³/mol. The quantitative estimate of drug-likeness (QED) is 0.481. The SMILES string of the molecule is CN(C)C(=O)NCCNc1ccc(F)cc1[N+](=O)[O-]. The molecule has 0 bridgehead atoms. The Balaban J connectivity index is 2.54. The first-order chi connectivity index (χ1) is 8.91. The fourth-order valence-electron chi connectivity index (χ4n) is 1.33. The summed E-state index contributed by atoms with van der Waals surface area (Å²) >= 11 is 0. The first kappa shape index (κ1) is 14.7. The van der Waals surface area contributed by atoms with Crippen LogP contribution in [-0.4, -0.2) is 43.0 Å². The molecule has 1 aromatic rings. The van der Waals surface area contributed by atoms with Gasteiger partial charge in [-0.15, -0.1) is 0 Å². The predicted octanol–water partition coefficient (Wildman–Crippen LogP) is 1.42. The number of hydrogen-bond donors (Lipinski definition) is 2. The Bertz CT molecular complexity index is 479. The molecule has 19 heavy (non-hydrogen) atoms. The molecule has 1 rings (SSSR count). The molecule has 0 aliphatic carbocycles. The summed E-state index contributed by atoms with van der Waals surface area (Å²) in [7, 11) is 3.21. The minimum absolute atomic E-state index is 0.213. The van der Waals surface area contributed by atoms with Gasteiger partial charge in [0.2, 0.25) is 0 Å². The summed E-state index contributed by atoms with van der Waals surface area (Å²) in [5, 5.41) is 16.1. The summed E-state index contributed by atoms with van der Waals surface area (Å²) in [4.78, 5) is 22.6. The number of nitro benzene ring substituents is 1. The molecule has 0 saturated heterocycles. The molecule has 0 radical (unpaired) electrons. The minimum Gasteiger partial charge on any atom is -0.378 e. The van der Waals surface area contributed by atoms with Gasteiger partial charge in [-0.05, 0) is 12.1 Å². The number of nitrogens with one attached hydrogen (secondary N) is 2. The first-order valence-electron chi connectivity index (χ1n) is 5.55. The van der Waals surface area contributed by atoms with Gasteiger partial charge in [0.25, 0.3) is 5.69 Å². The molecule has 7 nitrogen and oxygen atoms in total. The van der Waals surface area contributed by atoms with Gasteiger partial charge in [0.1, 0.15) is 11.5 Å². The molecule has 0 unspecified atom stereocenters. The number of benzene rings is 1. The zero-order valence-electron chi connectivity index (χ0n) is 10.6. The number of hydrogen-bond acceptors (Lipinski definition) is 4. The number of amides is 2. The summed E-state index contributed by atoms with van der Waals surface area (Å²) in [5.74, 6) is -0.668. The van der Waals surface area contributed by atoms with Crippen molar-refractivity contribution in [3.8, 4) is 0 Å². The Morgan fingerprint density at radius 1 is 1.42 bits per heavy atom. The van der Waals surface area contributed by atoms with E-state index in [4.69, 9.17) is 0 Å². The van der Waals surface area contributed by atoms with Crippen LogP contribution < -0.4 is 10.6 Å². The van der Waals surface area contributed by atoms with E-state index in [0.29, 0.717) is 13.1 Å². The highest BCUT2D eigenvalue weighted by atomic mass is 19.1. The van der Waals surface area contributed by atoms with E-state index in [9.17, 15) is 19.3 Å². The monoisotopic (exact) mass is 270 g/mol. The molecule has 2 amide bonds. The van der Waals surface area contributed by atoms with Gasteiger partial charge in [0.05, 0.1) is 11.0 Å². The van der Waals surface area contributed by atoms with E-state index in [2.05, 4.69) is 10.6 Å². The third-order valence-electron chi connectivity index (χ3n) is 2.28. The average molecular weight is 270 g/mol. The van der Waals surface area contributed by atoms with Crippen LogP contribution >= 0.6 is 0 Å². The summed E-state index contributed by atoms with van der Waals surface area (Å²) in [5.41, 5.74) is -0.121. The van der Waals surface area contributed by atoms with E-state index < -0.39 is 10.7 Å². The molecule has 2 N–H and O–H groups in total. The highest BCUT2D eigenvalue weighted by Crippen LogP contribution is 2.24. The lowest BCUT2D eigenvalue weighted by atomic mass is 10.2. The van der Waals surface area contributed by atoms with Crippen molar-refractivity contribution in [2.75, 3.05) is 32.5 Å². The Kier molecular flexibility index (Phi) is 5.04. The van der Waals surface area contributed by atoms with Gasteiger partial charge < -0.3 is 15.5 Å². The molecule has 0 atom stereocenters. The van der Waals surface area contributed by atoms with Gasteiger partial charge in [-0.2, -0.15) is 0 Å². The van der Waals surface area contributed by atoms with Crippen molar-refractivity contribution >= 4 is 17.4 Å². The smallest absolute Gasteiger partial charge is 0.316 e. The number of rotatable bonds is 5. The molecule has 0 aliphatic rings. The molecule has 0 aromatic heterocycles. The Morgan fingerprint density at radius 2 is 2.11 bits per heavy atom. The topological polar surface area (TPSA) is 87.5 Å². The van der Waals surface area contributed by atoms with E-state index in [0.717, 1.165) is 12.1 Å². The second-order valence-electron chi connectivity index (χ2n) is 3.97. The van der Waals surface area contributed by atoms with Gasteiger partial charge in [0, 0.05) is 27.2 Å². The number of nitrogens with zero attached hydrogens (tertiary/aromatic N) is 2. The van der Waals surface area contributed by atoms with E-state index in [-0.39, 0.29) is 17.4 Å². The lowest BCUT2D eigenvalue weighted by molar-refractivity contribution is -0.384.